The number of hydrogen-bond acceptors (Lipinski definition) is 2. The van der Waals surface area contributed by atoms with Crippen molar-refractivity contribution in [2.75, 3.05) is 13.6 Å². The van der Waals surface area contributed by atoms with E-state index in [2.05, 4.69) is 17.0 Å². The molecule has 2 amide bonds. The van der Waals surface area contributed by atoms with Crippen molar-refractivity contribution in [3.05, 3.63) is 30.6 Å². The zero-order valence-electron chi connectivity index (χ0n) is 9.10. The summed E-state index contributed by atoms with van der Waals surface area (Å²) in [5.41, 5.74) is 1.01. The molecule has 0 aliphatic rings. The van der Waals surface area contributed by atoms with Gasteiger partial charge in [0, 0.05) is 32.4 Å². The normalized spacial score (nSPS) is 9.73. The highest BCUT2D eigenvalue weighted by Crippen LogP contribution is 2.00. The van der Waals surface area contributed by atoms with E-state index >= 15 is 0 Å². The first kappa shape index (κ1) is 11.3. The molecular formula is C10H16N4O. The zero-order chi connectivity index (χ0) is 11.3. The number of nitrogens with zero attached hydrogens (tertiary/aromatic N) is 3. The van der Waals surface area contributed by atoms with Crippen LogP contribution in [0.4, 0.5) is 4.79 Å². The van der Waals surface area contributed by atoms with Crippen LogP contribution in [0, 0.1) is 0 Å². The van der Waals surface area contributed by atoms with Gasteiger partial charge in [-0.15, -0.1) is 6.58 Å². The van der Waals surface area contributed by atoms with Crippen LogP contribution >= 0.6 is 0 Å². The minimum Gasteiger partial charge on any atom is -0.335 e. The molecule has 1 rings (SSSR count). The Balaban J connectivity index is 2.44. The average Bonchev–Trinajstić information content (AvgIpc) is 2.60. The summed E-state index contributed by atoms with van der Waals surface area (Å²) in [7, 11) is 3.59. The molecule has 1 heterocycles. The van der Waals surface area contributed by atoms with Crippen LogP contribution in [0.2, 0.25) is 0 Å². The summed E-state index contributed by atoms with van der Waals surface area (Å²) in [6, 6.07) is -0.112. The van der Waals surface area contributed by atoms with E-state index in [0.29, 0.717) is 13.1 Å². The molecule has 0 aliphatic carbocycles. The second-order valence-corrected chi connectivity index (χ2v) is 3.35. The Morgan fingerprint density at radius 3 is 3.07 bits per heavy atom. The van der Waals surface area contributed by atoms with Crippen molar-refractivity contribution in [3.63, 3.8) is 0 Å². The van der Waals surface area contributed by atoms with Gasteiger partial charge in [-0.3, -0.25) is 4.68 Å². The van der Waals surface area contributed by atoms with Gasteiger partial charge in [0.25, 0.3) is 0 Å². The maximum atomic E-state index is 11.5. The molecule has 1 N–H and O–H groups in total. The lowest BCUT2D eigenvalue weighted by Gasteiger charge is -2.16. The molecule has 0 fully saturated rings. The Bertz CT molecular complexity index is 345. The maximum Gasteiger partial charge on any atom is 0.317 e. The summed E-state index contributed by atoms with van der Waals surface area (Å²) in [5.74, 6) is 0. The topological polar surface area (TPSA) is 50.2 Å². The second-order valence-electron chi connectivity index (χ2n) is 3.35. The number of amides is 2. The first-order chi connectivity index (χ1) is 7.13. The van der Waals surface area contributed by atoms with Gasteiger partial charge in [0.05, 0.1) is 12.7 Å². The average molecular weight is 208 g/mol. The van der Waals surface area contributed by atoms with Gasteiger partial charge in [-0.2, -0.15) is 5.10 Å². The lowest BCUT2D eigenvalue weighted by molar-refractivity contribution is 0.208. The van der Waals surface area contributed by atoms with E-state index < -0.39 is 0 Å². The summed E-state index contributed by atoms with van der Waals surface area (Å²) < 4.78 is 1.71. The summed E-state index contributed by atoms with van der Waals surface area (Å²) >= 11 is 0. The Hall–Kier alpha value is -1.78. The van der Waals surface area contributed by atoms with Crippen molar-refractivity contribution in [1.82, 2.24) is 20.0 Å². The van der Waals surface area contributed by atoms with Gasteiger partial charge >= 0.3 is 6.03 Å². The van der Waals surface area contributed by atoms with E-state index in [0.717, 1.165) is 5.56 Å². The first-order valence-corrected chi connectivity index (χ1v) is 4.71. The van der Waals surface area contributed by atoms with E-state index in [1.165, 1.54) is 0 Å². The van der Waals surface area contributed by atoms with Gasteiger partial charge in [-0.1, -0.05) is 6.08 Å². The number of aromatic nitrogens is 2. The van der Waals surface area contributed by atoms with E-state index in [4.69, 9.17) is 0 Å². The molecule has 0 atom stereocenters. The van der Waals surface area contributed by atoms with E-state index in [1.54, 1.807) is 28.9 Å². The molecule has 5 heteroatoms. The van der Waals surface area contributed by atoms with Crippen molar-refractivity contribution in [2.24, 2.45) is 7.05 Å². The molecule has 1 aromatic heterocycles. The Kier molecular flexibility index (Phi) is 3.91. The highest BCUT2D eigenvalue weighted by molar-refractivity contribution is 5.73. The number of carbonyl (C=O) groups excluding carboxylic acids is 1. The standard InChI is InChI=1S/C10H16N4O/c1-4-5-11-10(15)13(2)7-9-6-12-14(3)8-9/h4,6,8H,1,5,7H2,2-3H3,(H,11,15). The van der Waals surface area contributed by atoms with E-state index in [9.17, 15) is 4.79 Å². The van der Waals surface area contributed by atoms with Crippen molar-refractivity contribution >= 4 is 6.03 Å². The van der Waals surface area contributed by atoms with Gasteiger partial charge in [-0.05, 0) is 0 Å². The number of carbonyl (C=O) groups is 1. The minimum absolute atomic E-state index is 0.112. The molecule has 0 radical (unpaired) electrons. The van der Waals surface area contributed by atoms with Crippen LogP contribution in [0.1, 0.15) is 5.56 Å². The monoisotopic (exact) mass is 208 g/mol. The van der Waals surface area contributed by atoms with Crippen molar-refractivity contribution in [2.45, 2.75) is 6.54 Å². The smallest absolute Gasteiger partial charge is 0.317 e. The molecule has 82 valence electrons. The van der Waals surface area contributed by atoms with Crippen LogP contribution < -0.4 is 5.32 Å². The van der Waals surface area contributed by atoms with Crippen LogP contribution in [-0.4, -0.2) is 34.3 Å². The third-order valence-electron chi connectivity index (χ3n) is 1.92. The number of aryl methyl sites for hydroxylation is 1. The number of nitrogens with one attached hydrogen (secondary N) is 1. The molecule has 5 nitrogen and oxygen atoms in total. The fourth-order valence-electron chi connectivity index (χ4n) is 1.19. The highest BCUT2D eigenvalue weighted by Gasteiger charge is 2.08. The molecular weight excluding hydrogens is 192 g/mol. The lowest BCUT2D eigenvalue weighted by atomic mass is 10.3. The summed E-state index contributed by atoms with van der Waals surface area (Å²) in [4.78, 5) is 13.1. The Labute approximate surface area is 89.4 Å². The van der Waals surface area contributed by atoms with Crippen LogP contribution in [0.15, 0.2) is 25.0 Å². The Morgan fingerprint density at radius 1 is 1.80 bits per heavy atom. The summed E-state index contributed by atoms with van der Waals surface area (Å²) in [5, 5.41) is 6.73. The van der Waals surface area contributed by atoms with Crippen molar-refractivity contribution < 1.29 is 4.79 Å². The predicted molar refractivity (Wildman–Crippen MR) is 58.3 cm³/mol. The molecule has 1 aromatic rings. The first-order valence-electron chi connectivity index (χ1n) is 4.71. The molecule has 0 unspecified atom stereocenters. The number of rotatable bonds is 4. The minimum atomic E-state index is -0.112. The molecule has 0 aromatic carbocycles. The molecule has 0 saturated heterocycles. The van der Waals surface area contributed by atoms with Crippen LogP contribution in [0.3, 0.4) is 0 Å². The third kappa shape index (κ3) is 3.46. The fraction of sp³-hybridized carbons (Fsp3) is 0.400. The van der Waals surface area contributed by atoms with Gasteiger partial charge in [0.15, 0.2) is 0 Å². The molecule has 0 saturated carbocycles. The third-order valence-corrected chi connectivity index (χ3v) is 1.92. The SMILES string of the molecule is C=CCNC(=O)N(C)Cc1cnn(C)c1. The largest absolute Gasteiger partial charge is 0.335 e. The number of urea groups is 1. The van der Waals surface area contributed by atoms with Gasteiger partial charge < -0.3 is 10.2 Å². The van der Waals surface area contributed by atoms with Gasteiger partial charge in [0.2, 0.25) is 0 Å². The zero-order valence-corrected chi connectivity index (χ0v) is 9.10. The fourth-order valence-corrected chi connectivity index (χ4v) is 1.19. The lowest BCUT2D eigenvalue weighted by Crippen LogP contribution is -2.36. The van der Waals surface area contributed by atoms with Gasteiger partial charge in [-0.25, -0.2) is 4.79 Å². The quantitative estimate of drug-likeness (QED) is 0.742. The molecule has 0 spiro atoms. The van der Waals surface area contributed by atoms with E-state index in [-0.39, 0.29) is 6.03 Å². The number of hydrogen-bond donors (Lipinski definition) is 1. The Morgan fingerprint density at radius 2 is 2.53 bits per heavy atom. The summed E-state index contributed by atoms with van der Waals surface area (Å²) in [6.45, 7) is 4.57. The molecule has 0 bridgehead atoms. The van der Waals surface area contributed by atoms with Crippen molar-refractivity contribution in [3.8, 4) is 0 Å². The van der Waals surface area contributed by atoms with Crippen LogP contribution in [0.5, 0.6) is 0 Å². The predicted octanol–water partition coefficient (Wildman–Crippen LogP) is 0.747. The second kappa shape index (κ2) is 5.19. The van der Waals surface area contributed by atoms with Crippen LogP contribution in [-0.2, 0) is 13.6 Å². The summed E-state index contributed by atoms with van der Waals surface area (Å²) in [6.07, 6.45) is 5.28. The molecule has 0 aliphatic heterocycles. The highest BCUT2D eigenvalue weighted by atomic mass is 16.2. The van der Waals surface area contributed by atoms with Crippen LogP contribution in [0.25, 0.3) is 0 Å². The molecule has 15 heavy (non-hydrogen) atoms. The van der Waals surface area contributed by atoms with Crippen molar-refractivity contribution in [1.29, 1.82) is 0 Å². The maximum absolute atomic E-state index is 11.5. The van der Waals surface area contributed by atoms with Gasteiger partial charge in [0.1, 0.15) is 0 Å². The van der Waals surface area contributed by atoms with E-state index in [1.807, 2.05) is 13.2 Å².